The molecular formula is C10H9Br2NO. The summed E-state index contributed by atoms with van der Waals surface area (Å²) in [6, 6.07) is 5.96. The Bertz CT molecular complexity index is 374. The van der Waals surface area contributed by atoms with Crippen molar-refractivity contribution in [3.8, 4) is 0 Å². The molecule has 0 radical (unpaired) electrons. The van der Waals surface area contributed by atoms with E-state index in [0.29, 0.717) is 11.6 Å². The third-order valence-electron chi connectivity index (χ3n) is 2.09. The second kappa shape index (κ2) is 4.03. The largest absolute Gasteiger partial charge is 0.349 e. The molecule has 1 aromatic rings. The fraction of sp³-hybridized carbons (Fsp3) is 0.300. The quantitative estimate of drug-likeness (QED) is 0.892. The summed E-state index contributed by atoms with van der Waals surface area (Å²) in [4.78, 5) is 11.7. The van der Waals surface area contributed by atoms with E-state index >= 15 is 0 Å². The second-order valence-corrected chi connectivity index (χ2v) is 5.14. The molecule has 2 nitrogen and oxygen atoms in total. The van der Waals surface area contributed by atoms with Crippen molar-refractivity contribution in [2.24, 2.45) is 0 Å². The molecule has 0 bridgehead atoms. The highest BCUT2D eigenvalue weighted by Crippen LogP contribution is 2.24. The van der Waals surface area contributed by atoms with Gasteiger partial charge in [0.05, 0.1) is 5.56 Å². The van der Waals surface area contributed by atoms with Gasteiger partial charge in [-0.1, -0.05) is 15.9 Å². The highest BCUT2D eigenvalue weighted by Gasteiger charge is 2.24. The van der Waals surface area contributed by atoms with Crippen molar-refractivity contribution in [1.29, 1.82) is 0 Å². The van der Waals surface area contributed by atoms with Gasteiger partial charge in [0.25, 0.3) is 5.91 Å². The van der Waals surface area contributed by atoms with E-state index in [1.54, 1.807) is 0 Å². The summed E-state index contributed by atoms with van der Waals surface area (Å²) in [7, 11) is 0. The van der Waals surface area contributed by atoms with Crippen molar-refractivity contribution >= 4 is 37.8 Å². The fourth-order valence-electron chi connectivity index (χ4n) is 1.16. The summed E-state index contributed by atoms with van der Waals surface area (Å²) < 4.78 is 1.79. The zero-order chi connectivity index (χ0) is 10.1. The molecular weight excluding hydrogens is 310 g/mol. The smallest absolute Gasteiger partial charge is 0.252 e. The number of carbonyl (C=O) groups excluding carboxylic acids is 1. The summed E-state index contributed by atoms with van der Waals surface area (Å²) in [5, 5.41) is 2.95. The minimum Gasteiger partial charge on any atom is -0.349 e. The fourth-order valence-corrected chi connectivity index (χ4v) is 2.39. The van der Waals surface area contributed by atoms with Crippen molar-refractivity contribution < 1.29 is 4.79 Å². The van der Waals surface area contributed by atoms with Crippen LogP contribution in [0.3, 0.4) is 0 Å². The van der Waals surface area contributed by atoms with Crippen molar-refractivity contribution in [1.82, 2.24) is 5.32 Å². The van der Waals surface area contributed by atoms with Gasteiger partial charge in [0.15, 0.2) is 0 Å². The van der Waals surface area contributed by atoms with Gasteiger partial charge in [0, 0.05) is 15.0 Å². The molecule has 1 saturated carbocycles. The van der Waals surface area contributed by atoms with Gasteiger partial charge < -0.3 is 5.32 Å². The molecule has 1 amide bonds. The monoisotopic (exact) mass is 317 g/mol. The SMILES string of the molecule is O=C(NC1CC1)c1ccc(Br)cc1Br. The predicted octanol–water partition coefficient (Wildman–Crippen LogP) is 3.10. The van der Waals surface area contributed by atoms with Gasteiger partial charge in [-0.05, 0) is 47.0 Å². The van der Waals surface area contributed by atoms with Crippen LogP contribution in [0.25, 0.3) is 0 Å². The zero-order valence-electron chi connectivity index (χ0n) is 7.39. The lowest BCUT2D eigenvalue weighted by molar-refractivity contribution is 0.0950. The van der Waals surface area contributed by atoms with Crippen LogP contribution in [0.5, 0.6) is 0 Å². The minimum atomic E-state index is 0.00637. The number of amides is 1. The van der Waals surface area contributed by atoms with Crippen LogP contribution in [0.2, 0.25) is 0 Å². The average Bonchev–Trinajstić information content (AvgIpc) is 2.87. The number of halogens is 2. The van der Waals surface area contributed by atoms with Crippen LogP contribution in [0, 0.1) is 0 Å². The summed E-state index contributed by atoms with van der Waals surface area (Å²) >= 11 is 6.71. The highest BCUT2D eigenvalue weighted by atomic mass is 79.9. The minimum absolute atomic E-state index is 0.00637. The van der Waals surface area contributed by atoms with Crippen molar-refractivity contribution in [2.75, 3.05) is 0 Å². The number of carbonyl (C=O) groups is 1. The molecule has 1 fully saturated rings. The third kappa shape index (κ3) is 2.36. The summed E-state index contributed by atoms with van der Waals surface area (Å²) in [5.74, 6) is 0.00637. The Hall–Kier alpha value is -0.350. The Morgan fingerprint density at radius 2 is 2.07 bits per heavy atom. The standard InChI is InChI=1S/C10H9Br2NO/c11-6-1-4-8(9(12)5-6)10(14)13-7-2-3-7/h1,4-5,7H,2-3H2,(H,13,14). The molecule has 0 aromatic heterocycles. The lowest BCUT2D eigenvalue weighted by Gasteiger charge is -2.05. The maximum Gasteiger partial charge on any atom is 0.252 e. The summed E-state index contributed by atoms with van der Waals surface area (Å²) in [6.45, 7) is 0. The maximum atomic E-state index is 11.7. The Morgan fingerprint density at radius 3 is 2.64 bits per heavy atom. The first-order chi connectivity index (χ1) is 6.66. The topological polar surface area (TPSA) is 29.1 Å². The van der Waals surface area contributed by atoms with Crippen molar-refractivity contribution in [3.05, 3.63) is 32.7 Å². The van der Waals surface area contributed by atoms with E-state index in [-0.39, 0.29) is 5.91 Å². The first-order valence-corrected chi connectivity index (χ1v) is 6.01. The zero-order valence-corrected chi connectivity index (χ0v) is 10.6. The number of rotatable bonds is 2. The van der Waals surface area contributed by atoms with E-state index in [0.717, 1.165) is 21.8 Å². The lowest BCUT2D eigenvalue weighted by Crippen LogP contribution is -2.25. The molecule has 2 rings (SSSR count). The van der Waals surface area contributed by atoms with Crippen LogP contribution in [0.1, 0.15) is 23.2 Å². The van der Waals surface area contributed by atoms with Crippen LogP contribution >= 0.6 is 31.9 Å². The molecule has 14 heavy (non-hydrogen) atoms. The molecule has 1 aliphatic carbocycles. The molecule has 0 saturated heterocycles. The van der Waals surface area contributed by atoms with Gasteiger partial charge in [-0.25, -0.2) is 0 Å². The molecule has 1 N–H and O–H groups in total. The van der Waals surface area contributed by atoms with Crippen molar-refractivity contribution in [3.63, 3.8) is 0 Å². The highest BCUT2D eigenvalue weighted by molar-refractivity contribution is 9.11. The Labute approximate surface area is 99.3 Å². The molecule has 0 atom stereocenters. The number of hydrogen-bond donors (Lipinski definition) is 1. The number of nitrogens with one attached hydrogen (secondary N) is 1. The van der Waals surface area contributed by atoms with E-state index in [1.807, 2.05) is 18.2 Å². The summed E-state index contributed by atoms with van der Waals surface area (Å²) in [6.07, 6.45) is 2.22. The molecule has 1 aliphatic rings. The predicted molar refractivity (Wildman–Crippen MR) is 62.3 cm³/mol. The van der Waals surface area contributed by atoms with Crippen LogP contribution < -0.4 is 5.32 Å². The normalized spacial score (nSPS) is 15.3. The van der Waals surface area contributed by atoms with Crippen molar-refractivity contribution in [2.45, 2.75) is 18.9 Å². The summed E-state index contributed by atoms with van der Waals surface area (Å²) in [5.41, 5.74) is 0.695. The second-order valence-electron chi connectivity index (χ2n) is 3.37. The molecule has 0 unspecified atom stereocenters. The van der Waals surface area contributed by atoms with Gasteiger partial charge in [0.1, 0.15) is 0 Å². The number of benzene rings is 1. The Kier molecular flexibility index (Phi) is 2.93. The Balaban J connectivity index is 2.17. The molecule has 74 valence electrons. The van der Waals surface area contributed by atoms with E-state index in [4.69, 9.17) is 0 Å². The van der Waals surface area contributed by atoms with E-state index in [2.05, 4.69) is 37.2 Å². The molecule has 0 heterocycles. The van der Waals surface area contributed by atoms with Crippen LogP contribution in [-0.4, -0.2) is 11.9 Å². The van der Waals surface area contributed by atoms with Gasteiger partial charge in [-0.3, -0.25) is 4.79 Å². The Morgan fingerprint density at radius 1 is 1.36 bits per heavy atom. The van der Waals surface area contributed by atoms with Gasteiger partial charge in [-0.15, -0.1) is 0 Å². The first-order valence-electron chi connectivity index (χ1n) is 4.43. The van der Waals surface area contributed by atoms with E-state index in [1.165, 1.54) is 0 Å². The third-order valence-corrected chi connectivity index (χ3v) is 3.24. The van der Waals surface area contributed by atoms with Gasteiger partial charge in [0.2, 0.25) is 0 Å². The molecule has 0 spiro atoms. The number of hydrogen-bond acceptors (Lipinski definition) is 1. The van der Waals surface area contributed by atoms with Crippen LogP contribution in [-0.2, 0) is 0 Å². The molecule has 1 aromatic carbocycles. The first kappa shape index (κ1) is 10.2. The van der Waals surface area contributed by atoms with Gasteiger partial charge >= 0.3 is 0 Å². The molecule has 0 aliphatic heterocycles. The van der Waals surface area contributed by atoms with Crippen LogP contribution in [0.4, 0.5) is 0 Å². The van der Waals surface area contributed by atoms with Gasteiger partial charge in [-0.2, -0.15) is 0 Å². The lowest BCUT2D eigenvalue weighted by atomic mass is 10.2. The average molecular weight is 319 g/mol. The van der Waals surface area contributed by atoms with E-state index in [9.17, 15) is 4.79 Å². The maximum absolute atomic E-state index is 11.7. The van der Waals surface area contributed by atoms with E-state index < -0.39 is 0 Å². The molecule has 4 heteroatoms. The van der Waals surface area contributed by atoms with Crippen LogP contribution in [0.15, 0.2) is 27.1 Å².